The summed E-state index contributed by atoms with van der Waals surface area (Å²) in [4.78, 5) is 37.4. The number of primary amides is 1. The van der Waals surface area contributed by atoms with E-state index >= 15 is 0 Å². The van der Waals surface area contributed by atoms with E-state index < -0.39 is 5.91 Å². The summed E-state index contributed by atoms with van der Waals surface area (Å²) in [6.45, 7) is 3.51. The van der Waals surface area contributed by atoms with Gasteiger partial charge in [-0.2, -0.15) is 0 Å². The Balaban J connectivity index is 1.06. The number of anilines is 1. The number of piperazine rings is 1. The molecule has 2 amide bonds. The number of nitrogens with zero attached hydrogens (tertiary/aromatic N) is 7. The fraction of sp³-hybridized carbons (Fsp3) is 0.360. The van der Waals surface area contributed by atoms with Gasteiger partial charge in [-0.25, -0.2) is 14.6 Å². The molecule has 0 unspecified atom stereocenters. The van der Waals surface area contributed by atoms with Gasteiger partial charge in [0.25, 0.3) is 0 Å². The van der Waals surface area contributed by atoms with E-state index in [0.29, 0.717) is 31.6 Å². The van der Waals surface area contributed by atoms with Crippen molar-refractivity contribution in [2.75, 3.05) is 31.1 Å². The molecule has 2 aromatic carbocycles. The minimum absolute atomic E-state index is 0.196. The van der Waals surface area contributed by atoms with Crippen LogP contribution >= 0.6 is 0 Å². The molecule has 3 heterocycles. The molecule has 1 aliphatic heterocycles. The Labute approximate surface area is 202 Å². The van der Waals surface area contributed by atoms with E-state index in [1.807, 2.05) is 35.4 Å². The molecule has 2 N–H and O–H groups in total. The van der Waals surface area contributed by atoms with E-state index in [-0.39, 0.29) is 5.91 Å². The summed E-state index contributed by atoms with van der Waals surface area (Å²) in [7, 11) is 0. The Morgan fingerprint density at radius 3 is 2.60 bits per heavy atom. The Kier molecular flexibility index (Phi) is 6.51. The molecule has 10 heteroatoms. The zero-order valence-corrected chi connectivity index (χ0v) is 19.5. The molecule has 0 radical (unpaired) electrons. The van der Waals surface area contributed by atoms with Crippen molar-refractivity contribution in [1.82, 2.24) is 29.9 Å². The Hall–Kier alpha value is -4.08. The second-order valence-electron chi connectivity index (χ2n) is 8.79. The molecule has 0 saturated carbocycles. The van der Waals surface area contributed by atoms with Gasteiger partial charge in [0.2, 0.25) is 17.8 Å². The molecule has 0 atom stereocenters. The number of carbonyl (C=O) groups is 2. The molecular formula is C25H28N8O2. The number of hydrogen-bond acceptors (Lipinski definition) is 7. The average Bonchev–Trinajstić information content (AvgIpc) is 3.30. The van der Waals surface area contributed by atoms with Gasteiger partial charge in [0, 0.05) is 56.3 Å². The highest BCUT2D eigenvalue weighted by atomic mass is 16.2. The van der Waals surface area contributed by atoms with Crippen molar-refractivity contribution in [1.29, 1.82) is 0 Å². The third kappa shape index (κ3) is 5.06. The smallest absolute Gasteiger partial charge is 0.248 e. The van der Waals surface area contributed by atoms with Crippen LogP contribution in [0.25, 0.3) is 21.9 Å². The fourth-order valence-electron chi connectivity index (χ4n) is 4.43. The van der Waals surface area contributed by atoms with Gasteiger partial charge in [0.05, 0.1) is 11.0 Å². The number of fused-ring (bicyclic) bond motifs is 2. The first-order valence-electron chi connectivity index (χ1n) is 12.0. The van der Waals surface area contributed by atoms with Crippen molar-refractivity contribution in [3.63, 3.8) is 0 Å². The summed E-state index contributed by atoms with van der Waals surface area (Å²) < 4.78 is 1.79. The molecule has 1 fully saturated rings. The minimum atomic E-state index is -0.469. The molecule has 180 valence electrons. The lowest BCUT2D eigenvalue weighted by molar-refractivity contribution is -0.131. The molecule has 4 aromatic rings. The number of hydrogen-bond donors (Lipinski definition) is 1. The summed E-state index contributed by atoms with van der Waals surface area (Å²) in [5.41, 5.74) is 8.29. The minimum Gasteiger partial charge on any atom is -0.366 e. The third-order valence-electron chi connectivity index (χ3n) is 6.45. The van der Waals surface area contributed by atoms with E-state index in [1.165, 1.54) is 0 Å². The maximum absolute atomic E-state index is 12.7. The van der Waals surface area contributed by atoms with Crippen molar-refractivity contribution < 1.29 is 9.59 Å². The summed E-state index contributed by atoms with van der Waals surface area (Å²) >= 11 is 0. The lowest BCUT2D eigenvalue weighted by atomic mass is 10.1. The van der Waals surface area contributed by atoms with Crippen LogP contribution in [0.1, 0.15) is 36.0 Å². The number of unbranched alkanes of at least 4 members (excludes halogenated alkanes) is 2. The lowest BCUT2D eigenvalue weighted by Crippen LogP contribution is -2.49. The van der Waals surface area contributed by atoms with Crippen LogP contribution in [0.3, 0.4) is 0 Å². The summed E-state index contributed by atoms with van der Waals surface area (Å²) in [5, 5.41) is 9.34. The van der Waals surface area contributed by atoms with E-state index in [9.17, 15) is 9.59 Å². The number of rotatable bonds is 8. The molecule has 2 aromatic heterocycles. The SMILES string of the molecule is NC(=O)c1ccc2nnn(CCCCCC(=O)N3CCN(c4ncc5ccccc5n4)CC3)c2c1. The normalized spacial score (nSPS) is 14.1. The first-order valence-corrected chi connectivity index (χ1v) is 12.0. The second-order valence-corrected chi connectivity index (χ2v) is 8.79. The third-order valence-corrected chi connectivity index (χ3v) is 6.45. The number of nitrogens with two attached hydrogens (primary N) is 1. The van der Waals surface area contributed by atoms with Crippen LogP contribution in [0.5, 0.6) is 0 Å². The Morgan fingerprint density at radius 1 is 0.943 bits per heavy atom. The Morgan fingerprint density at radius 2 is 1.77 bits per heavy atom. The quantitative estimate of drug-likeness (QED) is 0.391. The van der Waals surface area contributed by atoms with Crippen LogP contribution in [-0.2, 0) is 11.3 Å². The van der Waals surface area contributed by atoms with Gasteiger partial charge >= 0.3 is 0 Å². The summed E-state index contributed by atoms with van der Waals surface area (Å²) in [5.74, 6) is 0.449. The van der Waals surface area contributed by atoms with Crippen molar-refractivity contribution in [3.8, 4) is 0 Å². The van der Waals surface area contributed by atoms with E-state index in [2.05, 4.69) is 25.2 Å². The van der Waals surface area contributed by atoms with Crippen molar-refractivity contribution in [2.24, 2.45) is 5.73 Å². The highest BCUT2D eigenvalue weighted by Crippen LogP contribution is 2.18. The van der Waals surface area contributed by atoms with Gasteiger partial charge in [-0.3, -0.25) is 9.59 Å². The van der Waals surface area contributed by atoms with Gasteiger partial charge in [0.1, 0.15) is 5.52 Å². The molecule has 1 saturated heterocycles. The average molecular weight is 473 g/mol. The number of para-hydroxylation sites is 1. The van der Waals surface area contributed by atoms with Crippen molar-refractivity contribution in [2.45, 2.75) is 32.2 Å². The number of carbonyl (C=O) groups excluding carboxylic acids is 2. The van der Waals surface area contributed by atoms with Crippen LogP contribution in [0.2, 0.25) is 0 Å². The van der Waals surface area contributed by atoms with Gasteiger partial charge in [0.15, 0.2) is 0 Å². The van der Waals surface area contributed by atoms with Gasteiger partial charge < -0.3 is 15.5 Å². The molecule has 0 aliphatic carbocycles. The second kappa shape index (κ2) is 10.0. The zero-order valence-electron chi connectivity index (χ0n) is 19.5. The molecular weight excluding hydrogens is 444 g/mol. The fourth-order valence-corrected chi connectivity index (χ4v) is 4.43. The first-order chi connectivity index (χ1) is 17.1. The van der Waals surface area contributed by atoms with E-state index in [1.54, 1.807) is 22.9 Å². The first kappa shape index (κ1) is 22.7. The van der Waals surface area contributed by atoms with Crippen LogP contribution in [-0.4, -0.2) is 67.9 Å². The predicted molar refractivity (Wildman–Crippen MR) is 133 cm³/mol. The molecule has 35 heavy (non-hydrogen) atoms. The van der Waals surface area contributed by atoms with Crippen LogP contribution in [0, 0.1) is 0 Å². The largest absolute Gasteiger partial charge is 0.366 e. The van der Waals surface area contributed by atoms with Crippen LogP contribution in [0.4, 0.5) is 5.95 Å². The monoisotopic (exact) mass is 472 g/mol. The number of aromatic nitrogens is 5. The Bertz CT molecular complexity index is 1360. The summed E-state index contributed by atoms with van der Waals surface area (Å²) in [6, 6.07) is 13.1. The maximum Gasteiger partial charge on any atom is 0.248 e. The number of amides is 2. The lowest BCUT2D eigenvalue weighted by Gasteiger charge is -2.34. The van der Waals surface area contributed by atoms with Gasteiger partial charge in [-0.05, 0) is 37.1 Å². The maximum atomic E-state index is 12.7. The van der Waals surface area contributed by atoms with Crippen LogP contribution in [0.15, 0.2) is 48.7 Å². The van der Waals surface area contributed by atoms with Gasteiger partial charge in [-0.15, -0.1) is 5.10 Å². The zero-order chi connectivity index (χ0) is 24.2. The van der Waals surface area contributed by atoms with Gasteiger partial charge in [-0.1, -0.05) is 29.8 Å². The number of benzene rings is 2. The van der Waals surface area contributed by atoms with Crippen LogP contribution < -0.4 is 10.6 Å². The summed E-state index contributed by atoms with van der Waals surface area (Å²) in [6.07, 6.45) is 5.00. The van der Waals surface area contributed by atoms with E-state index in [4.69, 9.17) is 5.73 Å². The predicted octanol–water partition coefficient (Wildman–Crippen LogP) is 2.38. The topological polar surface area (TPSA) is 123 Å². The molecule has 10 nitrogen and oxygen atoms in total. The molecule has 5 rings (SSSR count). The molecule has 0 bridgehead atoms. The van der Waals surface area contributed by atoms with Crippen molar-refractivity contribution in [3.05, 3.63) is 54.2 Å². The highest BCUT2D eigenvalue weighted by molar-refractivity contribution is 5.96. The number of aryl methyl sites for hydroxylation is 1. The van der Waals surface area contributed by atoms with E-state index in [0.717, 1.165) is 60.2 Å². The standard InChI is InChI=1S/C25H28N8O2/c26-24(35)18-9-10-21-22(16-18)33(30-29-21)11-5-1-2-8-23(34)31-12-14-32(15-13-31)25-27-17-19-6-3-4-7-20(19)28-25/h3-4,6-7,9-10,16-17H,1-2,5,8,11-15H2,(H2,26,35). The van der Waals surface area contributed by atoms with Crippen molar-refractivity contribution >= 4 is 39.7 Å². The highest BCUT2D eigenvalue weighted by Gasteiger charge is 2.22. The molecule has 0 spiro atoms. The molecule has 1 aliphatic rings.